The molecule has 4 aromatic heterocycles. The standard InChI is InChI=1S/C28H40ClN7O2.C27H38ClN7O2.C26H37N7O3.C24H36N8O3/c1-7-25(37)31-21-16-22(24(38-6)17-23(21)35-14-10-19(11-15-35)34(4)5)32-27-30-18-20(29)26(33-27)36-13-9-8-12-28(36,2)3;1-6-25(36)30-21-15-22(24(37-5)16-23(21)34-13-10-19(11-14-34)33(3)4)31-27-29-17-20(28)26(32-27)35-12-8-7-9-18(35)2;1-5-25(34)28-20-17-21(23(35-4)18-22(20)32-12-8-19(9-13-32)31(2)3)29-26-27-10-7-24(30-26)33-11-6-15-36-16-14-33;1-8-22(33)27-18-11-19(21(34-7)12-20(18)31(6)10-9-30(4)5)28-23-25-15-26-24(29-23)32-13-16(2)35-17(3)14-32/h7,16-19H,1,8-15H2,2-6H3,(H,31,37)(H,30,32,33);6,15-19H,1,7-14H2,2-5H3,(H,30,36)(H,29,31,32);5,7,10,17-19H,1,6,8-9,11-16H2,2-4H3,(H,28,34)(H,27,29,30);8,11-12,15-17H,1,9-10,13-14H2,2-7H3,(H,27,33)(H,25,26,28,29). The van der Waals surface area contributed by atoms with Gasteiger partial charge in [-0.3, -0.25) is 19.2 Å². The Morgan fingerprint density at radius 1 is 0.445 bits per heavy atom. The minimum Gasteiger partial charge on any atom is -0.494 e. The van der Waals surface area contributed by atoms with Crippen molar-refractivity contribution < 1.29 is 47.6 Å². The van der Waals surface area contributed by atoms with Crippen LogP contribution < -0.4 is 101 Å². The highest BCUT2D eigenvalue weighted by Crippen LogP contribution is 2.46. The highest BCUT2D eigenvalue weighted by Gasteiger charge is 2.36. The molecule has 15 rings (SSSR count). The maximum atomic E-state index is 12.3. The van der Waals surface area contributed by atoms with Gasteiger partial charge in [-0.15, -0.1) is 0 Å². The van der Waals surface area contributed by atoms with Gasteiger partial charge in [0.05, 0.1) is 128 Å². The first-order valence-corrected chi connectivity index (χ1v) is 51.0. The number of likely N-dealkylation sites (N-methyl/N-ethyl adjacent to an activating group) is 2. The van der Waals surface area contributed by atoms with Crippen LogP contribution in [-0.4, -0.2) is 327 Å². The van der Waals surface area contributed by atoms with Crippen LogP contribution in [-0.2, 0) is 28.7 Å². The molecule has 4 aromatic carbocycles. The number of amides is 4. The number of methoxy groups -OCH3 is 4. The van der Waals surface area contributed by atoms with Gasteiger partial charge < -0.3 is 130 Å². The van der Waals surface area contributed by atoms with Gasteiger partial charge in [-0.2, -0.15) is 19.9 Å². The normalized spacial score (nSPS) is 17.8. The predicted molar refractivity (Wildman–Crippen MR) is 591 cm³/mol. The Labute approximate surface area is 871 Å². The molecule has 146 heavy (non-hydrogen) atoms. The number of nitrogens with zero attached hydrogens (tertiary/aromatic N) is 21. The zero-order chi connectivity index (χ0) is 105. The maximum absolute atomic E-state index is 12.3. The lowest BCUT2D eigenvalue weighted by atomic mass is 9.90. The quantitative estimate of drug-likeness (QED) is 0.0174. The number of ether oxygens (including phenoxy) is 6. The Balaban J connectivity index is 0.000000173. The number of piperidine rings is 5. The summed E-state index contributed by atoms with van der Waals surface area (Å²) in [5.41, 5.74) is 8.73. The van der Waals surface area contributed by atoms with Crippen LogP contribution in [0.5, 0.6) is 23.0 Å². The number of hydrogen-bond donors (Lipinski definition) is 8. The van der Waals surface area contributed by atoms with Gasteiger partial charge in [0.2, 0.25) is 53.4 Å². The molecule has 8 N–H and O–H groups in total. The number of aromatic nitrogens is 9. The second kappa shape index (κ2) is 53.5. The average molecular weight is 2050 g/mol. The van der Waals surface area contributed by atoms with Gasteiger partial charge in [0.25, 0.3) is 0 Å². The van der Waals surface area contributed by atoms with Gasteiger partial charge in [-0.1, -0.05) is 49.5 Å². The molecule has 41 heteroatoms. The Hall–Kier alpha value is -12.9. The number of carbonyl (C=O) groups is 4. The first kappa shape index (κ1) is 112. The topological polar surface area (TPSA) is 375 Å². The Morgan fingerprint density at radius 3 is 1.31 bits per heavy atom. The number of hydrogen-bond acceptors (Lipinski definition) is 35. The van der Waals surface area contributed by atoms with Crippen molar-refractivity contribution in [2.75, 3.05) is 278 Å². The van der Waals surface area contributed by atoms with E-state index in [0.717, 1.165) is 190 Å². The van der Waals surface area contributed by atoms with E-state index in [4.69, 9.17) is 66.6 Å². The van der Waals surface area contributed by atoms with Crippen LogP contribution in [0, 0.1) is 0 Å². The third-order valence-electron chi connectivity index (χ3n) is 27.3. The second-order valence-corrected chi connectivity index (χ2v) is 39.8. The molecule has 7 saturated heterocycles. The summed E-state index contributed by atoms with van der Waals surface area (Å²) in [5, 5.41) is 26.0. The molecule has 0 saturated carbocycles. The number of halogens is 2. The molecular formula is C105H151Cl2N29O10. The summed E-state index contributed by atoms with van der Waals surface area (Å²) < 4.78 is 34.3. The van der Waals surface area contributed by atoms with Crippen molar-refractivity contribution >= 4 is 162 Å². The lowest BCUT2D eigenvalue weighted by Gasteiger charge is -2.43. The number of morpholine rings is 1. The Bertz CT molecular complexity index is 5720. The lowest BCUT2D eigenvalue weighted by molar-refractivity contribution is -0.112. The summed E-state index contributed by atoms with van der Waals surface area (Å²) in [4.78, 5) is 117. The predicted octanol–water partition coefficient (Wildman–Crippen LogP) is 15.7. The van der Waals surface area contributed by atoms with Gasteiger partial charge in [0, 0.05) is 165 Å². The smallest absolute Gasteiger partial charge is 0.247 e. The van der Waals surface area contributed by atoms with Gasteiger partial charge in [-0.25, -0.2) is 24.9 Å². The monoisotopic (exact) mass is 2050 g/mol. The molecule has 0 bridgehead atoms. The third kappa shape index (κ3) is 30.4. The van der Waals surface area contributed by atoms with Crippen LogP contribution >= 0.6 is 23.2 Å². The van der Waals surface area contributed by atoms with E-state index in [1.54, 1.807) is 47.0 Å². The third-order valence-corrected chi connectivity index (χ3v) is 27.8. The van der Waals surface area contributed by atoms with Crippen molar-refractivity contribution in [2.45, 2.75) is 160 Å². The van der Waals surface area contributed by atoms with Crippen molar-refractivity contribution in [2.24, 2.45) is 0 Å². The highest BCUT2D eigenvalue weighted by atomic mass is 35.5. The van der Waals surface area contributed by atoms with Crippen LogP contribution in [0.3, 0.4) is 0 Å². The lowest BCUT2D eigenvalue weighted by Crippen LogP contribution is -2.48. The van der Waals surface area contributed by atoms with Crippen molar-refractivity contribution in [3.05, 3.63) is 140 Å². The number of anilines is 20. The number of carbonyl (C=O) groups excluding carboxylic acids is 4. The Kier molecular flexibility index (Phi) is 41.0. The second-order valence-electron chi connectivity index (χ2n) is 39.0. The molecule has 0 aliphatic carbocycles. The highest BCUT2D eigenvalue weighted by molar-refractivity contribution is 6.33. The fraction of sp³-hybridized carbons (Fsp3) is 0.514. The average Bonchev–Trinajstić information content (AvgIpc) is 0.789. The summed E-state index contributed by atoms with van der Waals surface area (Å²) in [6.07, 6.45) is 25.7. The summed E-state index contributed by atoms with van der Waals surface area (Å²) in [7, 11) is 25.2. The zero-order valence-corrected chi connectivity index (χ0v) is 89.9. The summed E-state index contributed by atoms with van der Waals surface area (Å²) in [6.45, 7) is 38.3. The fourth-order valence-electron chi connectivity index (χ4n) is 19.1. The van der Waals surface area contributed by atoms with Crippen molar-refractivity contribution in [1.29, 1.82) is 0 Å². The van der Waals surface area contributed by atoms with Crippen LogP contribution in [0.25, 0.3) is 0 Å². The molecule has 7 fully saturated rings. The van der Waals surface area contributed by atoms with E-state index in [1.807, 2.05) is 89.6 Å². The maximum Gasteiger partial charge on any atom is 0.247 e. The largest absolute Gasteiger partial charge is 0.494 e. The van der Waals surface area contributed by atoms with E-state index >= 15 is 0 Å². The van der Waals surface area contributed by atoms with E-state index in [0.29, 0.717) is 158 Å². The molecule has 790 valence electrons. The van der Waals surface area contributed by atoms with Gasteiger partial charge in [0.1, 0.15) is 45.2 Å². The molecule has 39 nitrogen and oxygen atoms in total. The van der Waals surface area contributed by atoms with Crippen molar-refractivity contribution in [3.8, 4) is 23.0 Å². The molecule has 7 aliphatic rings. The Morgan fingerprint density at radius 2 is 0.870 bits per heavy atom. The number of benzene rings is 4. The van der Waals surface area contributed by atoms with E-state index in [1.165, 1.54) is 43.5 Å². The molecule has 3 atom stereocenters. The van der Waals surface area contributed by atoms with Crippen molar-refractivity contribution in [1.82, 2.24) is 64.5 Å². The van der Waals surface area contributed by atoms with E-state index in [-0.39, 0.29) is 41.4 Å². The minimum atomic E-state index is -0.304. The van der Waals surface area contributed by atoms with Crippen LogP contribution in [0.1, 0.15) is 118 Å². The molecule has 7 aliphatic heterocycles. The first-order chi connectivity index (χ1) is 70.1. The van der Waals surface area contributed by atoms with Crippen LogP contribution in [0.15, 0.2) is 130 Å². The van der Waals surface area contributed by atoms with E-state index in [9.17, 15) is 19.2 Å². The number of rotatable bonds is 34. The fourth-order valence-corrected chi connectivity index (χ4v) is 19.5. The SMILES string of the molecule is C=CC(=O)Nc1cc(Nc2ncc(Cl)c(N3CCCCC3(C)C)n2)c(OC)cc1N1CCC(N(C)C)CC1.C=CC(=O)Nc1cc(Nc2ncc(Cl)c(N3CCCCC3C)n2)c(OC)cc1N1CCC(N(C)C)CC1.C=CC(=O)Nc1cc(Nc2nccc(N3CCCOCC3)n2)c(OC)cc1N1CCC(N(C)C)CC1.C=CC(=O)Nc1cc(Nc2ncnc(N3CC(C)OC(C)C3)n2)c(OC)cc1N(C)CCN(C)C. The molecule has 0 spiro atoms. The molecule has 11 heterocycles. The summed E-state index contributed by atoms with van der Waals surface area (Å²) in [5.74, 6) is 5.88. The molecule has 4 amide bonds. The van der Waals surface area contributed by atoms with Crippen molar-refractivity contribution in [3.63, 3.8) is 0 Å². The van der Waals surface area contributed by atoms with E-state index < -0.39 is 0 Å². The summed E-state index contributed by atoms with van der Waals surface area (Å²) in [6, 6.07) is 19.1. The minimum absolute atomic E-state index is 0.0466. The van der Waals surface area contributed by atoms with Crippen LogP contribution in [0.2, 0.25) is 10.0 Å². The van der Waals surface area contributed by atoms with Gasteiger partial charge >= 0.3 is 0 Å². The molecular weight excluding hydrogens is 1900 g/mol. The van der Waals surface area contributed by atoms with Gasteiger partial charge in [-0.05, 0) is 229 Å². The van der Waals surface area contributed by atoms with E-state index in [2.05, 4.69) is 221 Å². The summed E-state index contributed by atoms with van der Waals surface area (Å²) >= 11 is 13.1. The molecule has 8 aromatic rings. The molecule has 3 unspecified atom stereocenters. The number of nitrogens with one attached hydrogen (secondary N) is 8. The molecule has 0 radical (unpaired) electrons. The van der Waals surface area contributed by atoms with Crippen LogP contribution in [0.4, 0.5) is 115 Å². The van der Waals surface area contributed by atoms with Gasteiger partial charge in [0.15, 0.2) is 11.6 Å². The zero-order valence-electron chi connectivity index (χ0n) is 88.3. The first-order valence-electron chi connectivity index (χ1n) is 50.3.